The van der Waals surface area contributed by atoms with Gasteiger partial charge in [-0.3, -0.25) is 4.79 Å². The molecule has 2 aliphatic rings. The molecule has 0 saturated carbocycles. The van der Waals surface area contributed by atoms with E-state index in [1.807, 2.05) is 0 Å². The summed E-state index contributed by atoms with van der Waals surface area (Å²) in [5, 5.41) is 15.9. The van der Waals surface area contributed by atoms with Crippen LogP contribution in [0.25, 0.3) is 0 Å². The quantitative estimate of drug-likeness (QED) is 0.562. The fourth-order valence-electron chi connectivity index (χ4n) is 4.59. The third-order valence-electron chi connectivity index (χ3n) is 6.41. The van der Waals surface area contributed by atoms with E-state index in [-0.39, 0.29) is 62.6 Å². The van der Waals surface area contributed by atoms with Gasteiger partial charge in [0.2, 0.25) is 5.91 Å². The van der Waals surface area contributed by atoms with Gasteiger partial charge in [-0.05, 0) is 31.0 Å². The minimum Gasteiger partial charge on any atom is -0.497 e. The number of methoxy groups -OCH3 is 1. The third-order valence-corrected chi connectivity index (χ3v) is 6.41. The number of urea groups is 1. The lowest BCUT2D eigenvalue weighted by Gasteiger charge is -2.44. The van der Waals surface area contributed by atoms with Crippen molar-refractivity contribution in [2.45, 2.75) is 50.2 Å². The number of carbonyl (C=O) groups excluding carboxylic acids is 2. The van der Waals surface area contributed by atoms with E-state index in [9.17, 15) is 19.1 Å². The topological polar surface area (TPSA) is 109 Å². The number of aliphatic hydroxyl groups excluding tert-OH is 1. The van der Waals surface area contributed by atoms with Gasteiger partial charge in [0.1, 0.15) is 17.7 Å². The Hall–Kier alpha value is -3.21. The molecule has 2 aromatic rings. The van der Waals surface area contributed by atoms with Gasteiger partial charge in [0.15, 0.2) is 0 Å². The van der Waals surface area contributed by atoms with Crippen LogP contribution < -0.4 is 15.4 Å². The normalized spacial score (nSPS) is 24.1. The first-order chi connectivity index (χ1) is 17.4. The van der Waals surface area contributed by atoms with Crippen LogP contribution in [-0.4, -0.2) is 73.2 Å². The van der Waals surface area contributed by atoms with Crippen LogP contribution in [0.1, 0.15) is 24.8 Å². The zero-order valence-corrected chi connectivity index (χ0v) is 20.2. The van der Waals surface area contributed by atoms with Gasteiger partial charge in [-0.15, -0.1) is 0 Å². The smallest absolute Gasteiger partial charge is 0.322 e. The molecule has 3 N–H and O–H groups in total. The van der Waals surface area contributed by atoms with E-state index in [1.54, 1.807) is 54.5 Å². The Morgan fingerprint density at radius 1 is 1.17 bits per heavy atom. The summed E-state index contributed by atoms with van der Waals surface area (Å²) in [6, 6.07) is 12.6. The molecule has 36 heavy (non-hydrogen) atoms. The summed E-state index contributed by atoms with van der Waals surface area (Å²) in [7, 11) is 1.55. The summed E-state index contributed by atoms with van der Waals surface area (Å²) in [5.41, 5.74) is 0.991. The first-order valence-corrected chi connectivity index (χ1v) is 12.1. The van der Waals surface area contributed by atoms with Crippen LogP contribution in [0.15, 0.2) is 48.5 Å². The average Bonchev–Trinajstić information content (AvgIpc) is 2.86. The Kier molecular flexibility index (Phi) is 8.74. The Morgan fingerprint density at radius 3 is 2.81 bits per heavy atom. The van der Waals surface area contributed by atoms with Crippen molar-refractivity contribution in [1.29, 1.82) is 0 Å². The number of benzene rings is 2. The van der Waals surface area contributed by atoms with Crippen LogP contribution in [0.3, 0.4) is 0 Å². The summed E-state index contributed by atoms with van der Waals surface area (Å²) in [6.07, 6.45) is -0.389. The molecule has 2 heterocycles. The zero-order chi connectivity index (χ0) is 25.5. The van der Waals surface area contributed by atoms with E-state index < -0.39 is 12.2 Å². The molecule has 0 aromatic heterocycles. The highest BCUT2D eigenvalue weighted by atomic mass is 19.1. The fourth-order valence-corrected chi connectivity index (χ4v) is 4.59. The van der Waals surface area contributed by atoms with Gasteiger partial charge in [0.05, 0.1) is 51.5 Å². The maximum atomic E-state index is 13.8. The highest BCUT2D eigenvalue weighted by Gasteiger charge is 2.40. The van der Waals surface area contributed by atoms with Crippen LogP contribution in [-0.2, 0) is 20.8 Å². The molecule has 2 aliphatic heterocycles. The second kappa shape index (κ2) is 12.2. The molecule has 0 unspecified atom stereocenters. The SMILES string of the molecule is COc1cccc(NC(=O)N2C[C@H](O)COC[C@H]3O[C@H](CC(=O)NCc4ccccc4F)CC[C@@H]32)c1. The van der Waals surface area contributed by atoms with Crippen LogP contribution in [0.2, 0.25) is 0 Å². The molecule has 0 aliphatic carbocycles. The first kappa shape index (κ1) is 25.9. The number of hydrogen-bond acceptors (Lipinski definition) is 6. The molecule has 3 amide bonds. The molecule has 0 spiro atoms. The Balaban J connectivity index is 1.37. The number of ether oxygens (including phenoxy) is 3. The largest absolute Gasteiger partial charge is 0.497 e. The Labute approximate surface area is 209 Å². The van der Waals surface area contributed by atoms with Gasteiger partial charge in [-0.1, -0.05) is 24.3 Å². The molecular weight excluding hydrogens is 469 g/mol. The molecule has 2 aromatic carbocycles. The number of nitrogens with one attached hydrogen (secondary N) is 2. The average molecular weight is 502 g/mol. The summed E-state index contributed by atoms with van der Waals surface area (Å²) in [6.45, 7) is 0.457. The van der Waals surface area contributed by atoms with E-state index in [1.165, 1.54) is 6.07 Å². The molecule has 194 valence electrons. The minimum atomic E-state index is -0.830. The van der Waals surface area contributed by atoms with Crippen molar-refractivity contribution in [3.8, 4) is 5.75 Å². The molecule has 4 rings (SSSR count). The first-order valence-electron chi connectivity index (χ1n) is 12.1. The molecule has 0 bridgehead atoms. The number of nitrogens with zero attached hydrogens (tertiary/aromatic N) is 1. The number of β-amino-alcohol motifs (C(OH)–C–C–N with tert-alkyl or cyclic N) is 1. The number of rotatable bonds is 6. The lowest BCUT2D eigenvalue weighted by atomic mass is 9.95. The standard InChI is InChI=1S/C26H32FN3O6/c1-34-20-7-4-6-18(11-20)29-26(33)30-14-19(31)15-35-16-24-23(30)10-9-21(36-24)12-25(32)28-13-17-5-2-3-8-22(17)27/h2-8,11,19,21,23-24,31H,9-10,12-16H2,1H3,(H,28,32)(H,29,33)/t19-,21-,23-,24+/m0/s1. The zero-order valence-electron chi connectivity index (χ0n) is 20.2. The van der Waals surface area contributed by atoms with Gasteiger partial charge in [-0.25, -0.2) is 9.18 Å². The van der Waals surface area contributed by atoms with Crippen molar-refractivity contribution in [3.05, 3.63) is 59.9 Å². The summed E-state index contributed by atoms with van der Waals surface area (Å²) >= 11 is 0. The van der Waals surface area contributed by atoms with Crippen LogP contribution in [0, 0.1) is 5.82 Å². The Bertz CT molecular complexity index is 1050. The predicted molar refractivity (Wildman–Crippen MR) is 130 cm³/mol. The molecule has 2 fully saturated rings. The van der Waals surface area contributed by atoms with Crippen LogP contribution >= 0.6 is 0 Å². The van der Waals surface area contributed by atoms with Crippen LogP contribution in [0.4, 0.5) is 14.9 Å². The van der Waals surface area contributed by atoms with Gasteiger partial charge < -0.3 is 34.9 Å². The highest BCUT2D eigenvalue weighted by Crippen LogP contribution is 2.28. The fraction of sp³-hybridized carbons (Fsp3) is 0.462. The van der Waals surface area contributed by atoms with Crippen molar-refractivity contribution in [1.82, 2.24) is 10.2 Å². The molecular formula is C26H32FN3O6. The third kappa shape index (κ3) is 6.71. The molecule has 4 atom stereocenters. The van der Waals surface area contributed by atoms with Gasteiger partial charge in [0.25, 0.3) is 0 Å². The van der Waals surface area contributed by atoms with Crippen molar-refractivity contribution in [2.75, 3.05) is 32.2 Å². The molecule has 0 radical (unpaired) electrons. The number of aliphatic hydroxyl groups is 1. The number of anilines is 1. The Morgan fingerprint density at radius 2 is 2.00 bits per heavy atom. The van der Waals surface area contributed by atoms with Crippen molar-refractivity contribution in [2.24, 2.45) is 0 Å². The second-order valence-corrected chi connectivity index (χ2v) is 9.02. The summed E-state index contributed by atoms with van der Waals surface area (Å²) in [4.78, 5) is 27.3. The van der Waals surface area contributed by atoms with Crippen LogP contribution in [0.5, 0.6) is 5.75 Å². The number of fused-ring (bicyclic) bond motifs is 1. The number of carbonyl (C=O) groups is 2. The van der Waals surface area contributed by atoms with E-state index in [4.69, 9.17) is 14.2 Å². The molecule has 10 heteroatoms. The maximum Gasteiger partial charge on any atom is 0.322 e. The maximum absolute atomic E-state index is 13.8. The van der Waals surface area contributed by atoms with Gasteiger partial charge >= 0.3 is 6.03 Å². The number of amides is 3. The second-order valence-electron chi connectivity index (χ2n) is 9.02. The molecule has 9 nitrogen and oxygen atoms in total. The number of hydrogen-bond donors (Lipinski definition) is 3. The van der Waals surface area contributed by atoms with E-state index in [2.05, 4.69) is 10.6 Å². The van der Waals surface area contributed by atoms with E-state index >= 15 is 0 Å². The van der Waals surface area contributed by atoms with E-state index in [0.717, 1.165) is 0 Å². The summed E-state index contributed by atoms with van der Waals surface area (Å²) in [5.74, 6) is 0.0103. The van der Waals surface area contributed by atoms with Gasteiger partial charge in [0, 0.05) is 23.9 Å². The minimum absolute atomic E-state index is 0.0727. The van der Waals surface area contributed by atoms with Crippen molar-refractivity contribution in [3.63, 3.8) is 0 Å². The van der Waals surface area contributed by atoms with E-state index in [0.29, 0.717) is 29.8 Å². The highest BCUT2D eigenvalue weighted by molar-refractivity contribution is 5.90. The summed E-state index contributed by atoms with van der Waals surface area (Å²) < 4.78 is 30.8. The monoisotopic (exact) mass is 501 g/mol. The number of halogens is 1. The van der Waals surface area contributed by atoms with Crippen molar-refractivity contribution >= 4 is 17.6 Å². The lowest BCUT2D eigenvalue weighted by molar-refractivity contribution is -0.149. The lowest BCUT2D eigenvalue weighted by Crippen LogP contribution is -2.58. The van der Waals surface area contributed by atoms with Gasteiger partial charge in [-0.2, -0.15) is 0 Å². The predicted octanol–water partition coefficient (Wildman–Crippen LogP) is 2.68. The molecule has 2 saturated heterocycles. The van der Waals surface area contributed by atoms with Crippen molar-refractivity contribution < 1.29 is 33.3 Å².